The number of methoxy groups -OCH3 is 1. The van der Waals surface area contributed by atoms with Crippen LogP contribution in [0.1, 0.15) is 31.7 Å². The van der Waals surface area contributed by atoms with Crippen molar-refractivity contribution in [2.75, 3.05) is 20.7 Å². The lowest BCUT2D eigenvalue weighted by molar-refractivity contribution is -0.134. The Balaban J connectivity index is 2.40. The highest BCUT2D eigenvalue weighted by atomic mass is 16.5. The Morgan fingerprint density at radius 3 is 2.83 bits per heavy atom. The molecule has 1 saturated heterocycles. The van der Waals surface area contributed by atoms with Crippen LogP contribution in [0.15, 0.2) is 24.3 Å². The summed E-state index contributed by atoms with van der Waals surface area (Å²) < 4.78 is 5.26. The number of ether oxygens (including phenoxy) is 1. The van der Waals surface area contributed by atoms with Crippen molar-refractivity contribution in [3.05, 3.63) is 29.8 Å². The molecule has 2 rings (SSSR count). The van der Waals surface area contributed by atoms with Gasteiger partial charge < -0.3 is 9.64 Å². The molecule has 1 aromatic rings. The monoisotopic (exact) mass is 247 g/mol. The molecule has 1 fully saturated rings. The molecule has 1 amide bonds. The number of nitrogens with zero attached hydrogens (tertiary/aromatic N) is 1. The van der Waals surface area contributed by atoms with E-state index in [0.29, 0.717) is 0 Å². The number of hydrogen-bond acceptors (Lipinski definition) is 2. The molecular formula is C15H21NO2. The number of likely N-dealkylation sites (tertiary alicyclic amines) is 1. The van der Waals surface area contributed by atoms with Crippen LogP contribution < -0.4 is 4.74 Å². The first-order valence-electron chi connectivity index (χ1n) is 6.48. The molecule has 0 saturated carbocycles. The zero-order valence-electron chi connectivity index (χ0n) is 11.4. The lowest BCUT2D eigenvalue weighted by Gasteiger charge is -2.30. The van der Waals surface area contributed by atoms with Gasteiger partial charge in [0.1, 0.15) is 5.75 Å². The van der Waals surface area contributed by atoms with Crippen LogP contribution in [0.5, 0.6) is 5.75 Å². The van der Waals surface area contributed by atoms with Crippen molar-refractivity contribution in [2.24, 2.45) is 0 Å². The third-order valence-electron chi connectivity index (χ3n) is 3.95. The largest absolute Gasteiger partial charge is 0.497 e. The van der Waals surface area contributed by atoms with Gasteiger partial charge in [0.15, 0.2) is 0 Å². The maximum atomic E-state index is 12.6. The number of amides is 1. The third kappa shape index (κ3) is 2.22. The van der Waals surface area contributed by atoms with Crippen molar-refractivity contribution in [3.8, 4) is 5.75 Å². The molecule has 0 bridgehead atoms. The van der Waals surface area contributed by atoms with Crippen molar-refractivity contribution >= 4 is 5.91 Å². The van der Waals surface area contributed by atoms with Crippen LogP contribution in [0.3, 0.4) is 0 Å². The Kier molecular flexibility index (Phi) is 3.60. The SMILES string of the molecule is COc1cccc([C@]2(C)CCCCN(C)C2=O)c1. The highest BCUT2D eigenvalue weighted by Crippen LogP contribution is 2.35. The van der Waals surface area contributed by atoms with Gasteiger partial charge in [-0.05, 0) is 37.5 Å². The molecule has 3 nitrogen and oxygen atoms in total. The number of likely N-dealkylation sites (N-methyl/N-ethyl adjacent to an activating group) is 1. The van der Waals surface area contributed by atoms with E-state index in [9.17, 15) is 4.79 Å². The average molecular weight is 247 g/mol. The van der Waals surface area contributed by atoms with Crippen molar-refractivity contribution in [2.45, 2.75) is 31.6 Å². The normalized spacial score (nSPS) is 24.8. The van der Waals surface area contributed by atoms with Crippen LogP contribution in [0, 0.1) is 0 Å². The maximum absolute atomic E-state index is 12.6. The molecule has 1 aliphatic heterocycles. The summed E-state index contributed by atoms with van der Waals surface area (Å²) in [5.74, 6) is 1.03. The van der Waals surface area contributed by atoms with Gasteiger partial charge in [0, 0.05) is 13.6 Å². The van der Waals surface area contributed by atoms with E-state index < -0.39 is 5.41 Å². The van der Waals surface area contributed by atoms with Crippen molar-refractivity contribution in [1.82, 2.24) is 4.90 Å². The van der Waals surface area contributed by atoms with Gasteiger partial charge in [-0.1, -0.05) is 18.6 Å². The Labute approximate surface area is 109 Å². The fourth-order valence-corrected chi connectivity index (χ4v) is 2.69. The third-order valence-corrected chi connectivity index (χ3v) is 3.95. The van der Waals surface area contributed by atoms with Gasteiger partial charge in [0.2, 0.25) is 5.91 Å². The summed E-state index contributed by atoms with van der Waals surface area (Å²) in [6.45, 7) is 2.91. The van der Waals surface area contributed by atoms with Crippen molar-refractivity contribution in [3.63, 3.8) is 0 Å². The minimum absolute atomic E-state index is 0.216. The number of rotatable bonds is 2. The molecule has 0 unspecified atom stereocenters. The molecule has 0 aliphatic carbocycles. The van der Waals surface area contributed by atoms with Crippen LogP contribution >= 0.6 is 0 Å². The summed E-state index contributed by atoms with van der Waals surface area (Å²) in [7, 11) is 3.55. The van der Waals surface area contributed by atoms with Gasteiger partial charge in [0.05, 0.1) is 12.5 Å². The predicted octanol–water partition coefficient (Wildman–Crippen LogP) is 2.60. The van der Waals surface area contributed by atoms with Crippen LogP contribution in [0.4, 0.5) is 0 Å². The molecule has 0 aromatic heterocycles. The summed E-state index contributed by atoms with van der Waals surface area (Å²) in [5, 5.41) is 0. The van der Waals surface area contributed by atoms with E-state index in [1.807, 2.05) is 43.1 Å². The quantitative estimate of drug-likeness (QED) is 0.804. The van der Waals surface area contributed by atoms with E-state index >= 15 is 0 Å². The molecule has 0 spiro atoms. The second kappa shape index (κ2) is 5.01. The van der Waals surface area contributed by atoms with Crippen LogP contribution in [-0.4, -0.2) is 31.5 Å². The molecule has 3 heteroatoms. The summed E-state index contributed by atoms with van der Waals surface area (Å²) in [6.07, 6.45) is 3.08. The minimum Gasteiger partial charge on any atom is -0.497 e. The van der Waals surface area contributed by atoms with Crippen LogP contribution in [0.25, 0.3) is 0 Å². The minimum atomic E-state index is -0.417. The first kappa shape index (κ1) is 12.9. The Morgan fingerprint density at radius 2 is 2.11 bits per heavy atom. The molecule has 98 valence electrons. The molecular weight excluding hydrogens is 226 g/mol. The number of benzene rings is 1. The van der Waals surface area contributed by atoms with E-state index in [2.05, 4.69) is 0 Å². The molecule has 18 heavy (non-hydrogen) atoms. The van der Waals surface area contributed by atoms with Crippen LogP contribution in [-0.2, 0) is 10.2 Å². The van der Waals surface area contributed by atoms with E-state index in [-0.39, 0.29) is 5.91 Å². The fourth-order valence-electron chi connectivity index (χ4n) is 2.69. The van der Waals surface area contributed by atoms with E-state index in [0.717, 1.165) is 37.1 Å². The molecule has 1 atom stereocenters. The predicted molar refractivity (Wildman–Crippen MR) is 71.8 cm³/mol. The van der Waals surface area contributed by atoms with Gasteiger partial charge in [0.25, 0.3) is 0 Å². The molecule has 1 aromatic carbocycles. The molecule has 0 N–H and O–H groups in total. The first-order chi connectivity index (χ1) is 8.58. The second-order valence-electron chi connectivity index (χ2n) is 5.25. The summed E-state index contributed by atoms with van der Waals surface area (Å²) in [4.78, 5) is 14.4. The van der Waals surface area contributed by atoms with E-state index in [1.54, 1.807) is 7.11 Å². The smallest absolute Gasteiger partial charge is 0.232 e. The van der Waals surface area contributed by atoms with Crippen molar-refractivity contribution < 1.29 is 9.53 Å². The van der Waals surface area contributed by atoms with E-state index in [4.69, 9.17) is 4.74 Å². The van der Waals surface area contributed by atoms with Gasteiger partial charge in [-0.3, -0.25) is 4.79 Å². The highest BCUT2D eigenvalue weighted by molar-refractivity contribution is 5.88. The number of carbonyl (C=O) groups is 1. The van der Waals surface area contributed by atoms with E-state index in [1.165, 1.54) is 0 Å². The number of hydrogen-bond donors (Lipinski definition) is 0. The fraction of sp³-hybridized carbons (Fsp3) is 0.533. The van der Waals surface area contributed by atoms with Gasteiger partial charge in [-0.2, -0.15) is 0 Å². The molecule has 1 heterocycles. The first-order valence-corrected chi connectivity index (χ1v) is 6.48. The van der Waals surface area contributed by atoms with Crippen molar-refractivity contribution in [1.29, 1.82) is 0 Å². The maximum Gasteiger partial charge on any atom is 0.232 e. The average Bonchev–Trinajstić information content (AvgIpc) is 2.53. The van der Waals surface area contributed by atoms with Gasteiger partial charge in [-0.15, -0.1) is 0 Å². The topological polar surface area (TPSA) is 29.5 Å². The standard InChI is InChI=1S/C15H21NO2/c1-15(9-4-5-10-16(2)14(15)17)12-7-6-8-13(11-12)18-3/h6-8,11H,4-5,9-10H2,1-3H3/t15-/m0/s1. The summed E-state index contributed by atoms with van der Waals surface area (Å²) in [6, 6.07) is 7.88. The lowest BCUT2D eigenvalue weighted by atomic mass is 9.77. The van der Waals surface area contributed by atoms with Crippen LogP contribution in [0.2, 0.25) is 0 Å². The second-order valence-corrected chi connectivity index (χ2v) is 5.25. The summed E-state index contributed by atoms with van der Waals surface area (Å²) >= 11 is 0. The Morgan fingerprint density at radius 1 is 1.33 bits per heavy atom. The molecule has 0 radical (unpaired) electrons. The van der Waals surface area contributed by atoms with Gasteiger partial charge >= 0.3 is 0 Å². The Bertz CT molecular complexity index is 444. The zero-order valence-corrected chi connectivity index (χ0v) is 11.4. The molecule has 1 aliphatic rings. The lowest BCUT2D eigenvalue weighted by Crippen LogP contribution is -2.41. The Hall–Kier alpha value is -1.51. The number of carbonyl (C=O) groups excluding carboxylic acids is 1. The summed E-state index contributed by atoms with van der Waals surface area (Å²) in [5.41, 5.74) is 0.639. The zero-order chi connectivity index (χ0) is 13.2. The van der Waals surface area contributed by atoms with Gasteiger partial charge in [-0.25, -0.2) is 0 Å². The highest BCUT2D eigenvalue weighted by Gasteiger charge is 2.38.